The third-order valence-electron chi connectivity index (χ3n) is 3.26. The second-order valence-electron chi connectivity index (χ2n) is 4.98. The summed E-state index contributed by atoms with van der Waals surface area (Å²) in [6, 6.07) is 7.02. The van der Waals surface area contributed by atoms with Crippen molar-refractivity contribution in [1.29, 1.82) is 0 Å². The van der Waals surface area contributed by atoms with E-state index in [2.05, 4.69) is 20.8 Å². The van der Waals surface area contributed by atoms with Gasteiger partial charge in [0.15, 0.2) is 0 Å². The Balaban J connectivity index is 2.60. The molecule has 0 aromatic heterocycles. The molecule has 0 fully saturated rings. The van der Waals surface area contributed by atoms with E-state index in [0.29, 0.717) is 11.8 Å². The molecule has 1 atom stereocenters. The summed E-state index contributed by atoms with van der Waals surface area (Å²) in [4.78, 5) is 0. The number of rotatable bonds is 6. The molecule has 0 amide bonds. The van der Waals surface area contributed by atoms with E-state index in [4.69, 9.17) is 0 Å². The molecule has 1 aromatic rings. The van der Waals surface area contributed by atoms with Crippen molar-refractivity contribution in [2.45, 2.75) is 46.5 Å². The summed E-state index contributed by atoms with van der Waals surface area (Å²) >= 11 is 0. The molecule has 0 radical (unpaired) electrons. The van der Waals surface area contributed by atoms with Crippen molar-refractivity contribution in [3.8, 4) is 0 Å². The second kappa shape index (κ2) is 6.67. The van der Waals surface area contributed by atoms with Gasteiger partial charge in [0.25, 0.3) is 0 Å². The number of hydrogen-bond donors (Lipinski definition) is 0. The highest BCUT2D eigenvalue weighted by Gasteiger charge is 2.13. The summed E-state index contributed by atoms with van der Waals surface area (Å²) in [5, 5.41) is 0. The van der Waals surface area contributed by atoms with Crippen molar-refractivity contribution >= 4 is 0 Å². The van der Waals surface area contributed by atoms with E-state index in [1.165, 1.54) is 25.3 Å². The Kier molecular flexibility index (Phi) is 5.51. The summed E-state index contributed by atoms with van der Waals surface area (Å²) < 4.78 is 13.1. The van der Waals surface area contributed by atoms with Crippen LogP contribution in [0.25, 0.3) is 0 Å². The molecule has 0 aliphatic rings. The Morgan fingerprint density at radius 3 is 2.56 bits per heavy atom. The lowest BCUT2D eigenvalue weighted by atomic mass is 9.85. The third kappa shape index (κ3) is 4.34. The zero-order valence-electron chi connectivity index (χ0n) is 10.7. The fourth-order valence-corrected chi connectivity index (χ4v) is 2.10. The Labute approximate surface area is 98.9 Å². The van der Waals surface area contributed by atoms with Crippen LogP contribution in [0, 0.1) is 17.7 Å². The molecule has 0 aliphatic heterocycles. The van der Waals surface area contributed by atoms with Gasteiger partial charge >= 0.3 is 0 Å². The minimum absolute atomic E-state index is 0.115. The van der Waals surface area contributed by atoms with Gasteiger partial charge in [0.1, 0.15) is 5.82 Å². The summed E-state index contributed by atoms with van der Waals surface area (Å²) in [5.74, 6) is 1.24. The van der Waals surface area contributed by atoms with Crippen LogP contribution in [0.5, 0.6) is 0 Å². The molecule has 0 aliphatic carbocycles. The van der Waals surface area contributed by atoms with Crippen LogP contribution in [0.2, 0.25) is 0 Å². The van der Waals surface area contributed by atoms with Crippen LogP contribution < -0.4 is 0 Å². The third-order valence-corrected chi connectivity index (χ3v) is 3.26. The van der Waals surface area contributed by atoms with E-state index in [1.807, 2.05) is 12.1 Å². The number of unbranched alkanes of at least 4 members (excludes halogenated alkanes) is 1. The lowest BCUT2D eigenvalue weighted by Crippen LogP contribution is -2.12. The van der Waals surface area contributed by atoms with Gasteiger partial charge in [-0.3, -0.25) is 0 Å². The van der Waals surface area contributed by atoms with Crippen LogP contribution >= 0.6 is 0 Å². The Bertz CT molecular complexity index is 304. The molecular weight excluding hydrogens is 199 g/mol. The highest BCUT2D eigenvalue weighted by atomic mass is 19.1. The van der Waals surface area contributed by atoms with Crippen LogP contribution in [-0.2, 0) is 6.42 Å². The van der Waals surface area contributed by atoms with E-state index in [-0.39, 0.29) is 5.82 Å². The smallest absolute Gasteiger partial charge is 0.123 e. The SMILES string of the molecule is CCCCC(Cc1cccc(F)c1)C(C)C. The average Bonchev–Trinajstić information content (AvgIpc) is 2.24. The molecule has 16 heavy (non-hydrogen) atoms. The number of hydrogen-bond acceptors (Lipinski definition) is 0. The van der Waals surface area contributed by atoms with Crippen molar-refractivity contribution in [2.24, 2.45) is 11.8 Å². The van der Waals surface area contributed by atoms with Crippen molar-refractivity contribution in [2.75, 3.05) is 0 Å². The first-order valence-corrected chi connectivity index (χ1v) is 6.38. The Morgan fingerprint density at radius 2 is 2.00 bits per heavy atom. The van der Waals surface area contributed by atoms with Gasteiger partial charge in [0, 0.05) is 0 Å². The quantitative estimate of drug-likeness (QED) is 0.646. The predicted molar refractivity (Wildman–Crippen MR) is 68.0 cm³/mol. The molecule has 1 aromatic carbocycles. The number of halogens is 1. The lowest BCUT2D eigenvalue weighted by molar-refractivity contribution is 0.347. The van der Waals surface area contributed by atoms with Gasteiger partial charge in [-0.2, -0.15) is 0 Å². The van der Waals surface area contributed by atoms with E-state index < -0.39 is 0 Å². The molecule has 0 saturated heterocycles. The molecule has 0 bridgehead atoms. The maximum Gasteiger partial charge on any atom is 0.123 e. The fourth-order valence-electron chi connectivity index (χ4n) is 2.10. The first-order valence-electron chi connectivity index (χ1n) is 6.38. The van der Waals surface area contributed by atoms with Crippen molar-refractivity contribution < 1.29 is 4.39 Å². The van der Waals surface area contributed by atoms with Crippen LogP contribution in [0.4, 0.5) is 4.39 Å². The summed E-state index contributed by atoms with van der Waals surface area (Å²) in [6.45, 7) is 6.75. The second-order valence-corrected chi connectivity index (χ2v) is 4.98. The van der Waals surface area contributed by atoms with Gasteiger partial charge < -0.3 is 0 Å². The lowest BCUT2D eigenvalue weighted by Gasteiger charge is -2.20. The van der Waals surface area contributed by atoms with Crippen LogP contribution in [0.3, 0.4) is 0 Å². The highest BCUT2D eigenvalue weighted by molar-refractivity contribution is 5.16. The molecular formula is C15H23F. The van der Waals surface area contributed by atoms with Crippen LogP contribution in [-0.4, -0.2) is 0 Å². The Morgan fingerprint density at radius 1 is 1.25 bits per heavy atom. The zero-order valence-corrected chi connectivity index (χ0v) is 10.7. The normalized spacial score (nSPS) is 13.1. The minimum Gasteiger partial charge on any atom is -0.207 e. The van der Waals surface area contributed by atoms with Crippen molar-refractivity contribution in [3.05, 3.63) is 35.6 Å². The monoisotopic (exact) mass is 222 g/mol. The predicted octanol–water partition coefficient (Wildman–Crippen LogP) is 4.83. The molecule has 0 nitrogen and oxygen atoms in total. The molecule has 1 rings (SSSR count). The Hall–Kier alpha value is -0.850. The fraction of sp³-hybridized carbons (Fsp3) is 0.600. The molecule has 0 saturated carbocycles. The summed E-state index contributed by atoms with van der Waals surface area (Å²) in [7, 11) is 0. The zero-order chi connectivity index (χ0) is 12.0. The summed E-state index contributed by atoms with van der Waals surface area (Å²) in [5.41, 5.74) is 1.13. The average molecular weight is 222 g/mol. The van der Waals surface area contributed by atoms with Gasteiger partial charge in [-0.1, -0.05) is 45.7 Å². The molecule has 0 spiro atoms. The molecule has 1 heteroatoms. The standard InChI is InChI=1S/C15H23F/c1-4-5-8-14(12(2)3)10-13-7-6-9-15(16)11-13/h6-7,9,11-12,14H,4-5,8,10H2,1-3H3. The van der Waals surface area contributed by atoms with E-state index >= 15 is 0 Å². The maximum absolute atomic E-state index is 13.1. The number of benzene rings is 1. The molecule has 90 valence electrons. The summed E-state index contributed by atoms with van der Waals surface area (Å²) in [6.07, 6.45) is 4.78. The highest BCUT2D eigenvalue weighted by Crippen LogP contribution is 2.23. The first-order chi connectivity index (χ1) is 7.63. The van der Waals surface area contributed by atoms with Gasteiger partial charge in [0.2, 0.25) is 0 Å². The van der Waals surface area contributed by atoms with Gasteiger partial charge in [-0.15, -0.1) is 0 Å². The largest absolute Gasteiger partial charge is 0.207 e. The van der Waals surface area contributed by atoms with Gasteiger partial charge in [-0.05, 0) is 42.4 Å². The van der Waals surface area contributed by atoms with Crippen molar-refractivity contribution in [3.63, 3.8) is 0 Å². The first kappa shape index (κ1) is 13.2. The maximum atomic E-state index is 13.1. The van der Waals surface area contributed by atoms with Crippen LogP contribution in [0.1, 0.15) is 45.6 Å². The topological polar surface area (TPSA) is 0 Å². The van der Waals surface area contributed by atoms with Crippen LogP contribution in [0.15, 0.2) is 24.3 Å². The molecule has 1 unspecified atom stereocenters. The van der Waals surface area contributed by atoms with E-state index in [0.717, 1.165) is 12.0 Å². The van der Waals surface area contributed by atoms with Crippen molar-refractivity contribution in [1.82, 2.24) is 0 Å². The van der Waals surface area contributed by atoms with E-state index in [1.54, 1.807) is 6.07 Å². The molecule has 0 heterocycles. The van der Waals surface area contributed by atoms with Gasteiger partial charge in [0.05, 0.1) is 0 Å². The van der Waals surface area contributed by atoms with E-state index in [9.17, 15) is 4.39 Å². The molecule has 0 N–H and O–H groups in total. The van der Waals surface area contributed by atoms with Gasteiger partial charge in [-0.25, -0.2) is 4.39 Å². The minimum atomic E-state index is -0.115.